The van der Waals surface area contributed by atoms with Crippen LogP contribution in [0.15, 0.2) is 18.2 Å². The van der Waals surface area contributed by atoms with Crippen LogP contribution in [-0.4, -0.2) is 18.1 Å². The summed E-state index contributed by atoms with van der Waals surface area (Å²) in [5.74, 6) is -0.359. The molecule has 1 aromatic heterocycles. The van der Waals surface area contributed by atoms with Gasteiger partial charge in [-0.25, -0.2) is 4.79 Å². The molecule has 15 heavy (non-hydrogen) atoms. The minimum absolute atomic E-state index is 0.359. The second-order valence-corrected chi connectivity index (χ2v) is 3.42. The zero-order valence-electron chi connectivity index (χ0n) is 8.63. The molecule has 3 N–H and O–H groups in total. The third-order valence-electron chi connectivity index (χ3n) is 2.47. The number of carbonyl (C=O) groups is 1. The van der Waals surface area contributed by atoms with Crippen LogP contribution >= 0.6 is 0 Å². The summed E-state index contributed by atoms with van der Waals surface area (Å²) in [7, 11) is 1.36. The average Bonchev–Trinajstić information content (AvgIpc) is 2.55. The van der Waals surface area contributed by atoms with Gasteiger partial charge in [-0.05, 0) is 30.7 Å². The van der Waals surface area contributed by atoms with Crippen molar-refractivity contribution < 1.29 is 9.53 Å². The molecule has 1 heterocycles. The number of rotatable bonds is 1. The molecule has 0 bridgehead atoms. The van der Waals surface area contributed by atoms with Gasteiger partial charge in [0.25, 0.3) is 0 Å². The maximum atomic E-state index is 11.4. The van der Waals surface area contributed by atoms with E-state index in [-0.39, 0.29) is 5.97 Å². The Labute approximate surface area is 87.0 Å². The molecule has 0 amide bonds. The van der Waals surface area contributed by atoms with Gasteiger partial charge in [0.1, 0.15) is 5.69 Å². The zero-order valence-corrected chi connectivity index (χ0v) is 8.63. The van der Waals surface area contributed by atoms with Gasteiger partial charge in [0.15, 0.2) is 0 Å². The highest BCUT2D eigenvalue weighted by Crippen LogP contribution is 2.24. The minimum atomic E-state index is -0.359. The van der Waals surface area contributed by atoms with Crippen molar-refractivity contribution in [2.45, 2.75) is 6.92 Å². The minimum Gasteiger partial charge on any atom is -0.464 e. The van der Waals surface area contributed by atoms with Gasteiger partial charge in [-0.1, -0.05) is 0 Å². The van der Waals surface area contributed by atoms with Gasteiger partial charge in [0.2, 0.25) is 0 Å². The standard InChI is InChI=1S/C11H12N2O2/c1-6-8-5-7(12)3-4-9(8)13-10(6)11(14)15-2/h3-5,13H,12H2,1-2H3. The molecule has 0 saturated carbocycles. The summed E-state index contributed by atoms with van der Waals surface area (Å²) >= 11 is 0. The van der Waals surface area contributed by atoms with E-state index < -0.39 is 0 Å². The Morgan fingerprint density at radius 3 is 2.87 bits per heavy atom. The highest BCUT2D eigenvalue weighted by Gasteiger charge is 2.14. The van der Waals surface area contributed by atoms with Gasteiger partial charge in [0.05, 0.1) is 7.11 Å². The highest BCUT2D eigenvalue weighted by molar-refractivity contribution is 5.98. The first kappa shape index (κ1) is 9.58. The number of fused-ring (bicyclic) bond motifs is 1. The maximum Gasteiger partial charge on any atom is 0.354 e. The number of nitrogens with two attached hydrogens (primary N) is 1. The molecular weight excluding hydrogens is 192 g/mol. The zero-order chi connectivity index (χ0) is 11.0. The number of ether oxygens (including phenoxy) is 1. The average molecular weight is 204 g/mol. The topological polar surface area (TPSA) is 68.1 Å². The smallest absolute Gasteiger partial charge is 0.354 e. The predicted molar refractivity (Wildman–Crippen MR) is 58.8 cm³/mol. The van der Waals surface area contributed by atoms with Crippen LogP contribution < -0.4 is 5.73 Å². The molecule has 0 aliphatic rings. The molecular formula is C11H12N2O2. The number of hydrogen-bond donors (Lipinski definition) is 2. The van der Waals surface area contributed by atoms with Crippen molar-refractivity contribution in [1.29, 1.82) is 0 Å². The molecule has 2 aromatic rings. The monoisotopic (exact) mass is 204 g/mol. The van der Waals surface area contributed by atoms with Crippen molar-refractivity contribution in [2.75, 3.05) is 12.8 Å². The van der Waals surface area contributed by atoms with Crippen LogP contribution in [0.25, 0.3) is 10.9 Å². The van der Waals surface area contributed by atoms with Crippen LogP contribution in [0.3, 0.4) is 0 Å². The molecule has 0 unspecified atom stereocenters. The summed E-state index contributed by atoms with van der Waals surface area (Å²) in [4.78, 5) is 14.4. The van der Waals surface area contributed by atoms with Crippen molar-refractivity contribution in [2.24, 2.45) is 0 Å². The van der Waals surface area contributed by atoms with Gasteiger partial charge >= 0.3 is 5.97 Å². The predicted octanol–water partition coefficient (Wildman–Crippen LogP) is 1.85. The number of benzene rings is 1. The Balaban J connectivity index is 2.69. The Morgan fingerprint density at radius 2 is 2.20 bits per heavy atom. The van der Waals surface area contributed by atoms with E-state index in [1.54, 1.807) is 6.07 Å². The number of aryl methyl sites for hydroxylation is 1. The number of methoxy groups -OCH3 is 1. The van der Waals surface area contributed by atoms with E-state index in [9.17, 15) is 4.79 Å². The third-order valence-corrected chi connectivity index (χ3v) is 2.47. The molecule has 0 atom stereocenters. The molecule has 2 rings (SSSR count). The Hall–Kier alpha value is -1.97. The van der Waals surface area contributed by atoms with Gasteiger partial charge in [-0.3, -0.25) is 0 Å². The molecule has 0 aliphatic carbocycles. The molecule has 0 spiro atoms. The van der Waals surface area contributed by atoms with Crippen molar-refractivity contribution in [3.8, 4) is 0 Å². The molecule has 1 aromatic carbocycles. The number of aromatic nitrogens is 1. The summed E-state index contributed by atoms with van der Waals surface area (Å²) in [6, 6.07) is 5.48. The van der Waals surface area contributed by atoms with Crippen molar-refractivity contribution >= 4 is 22.6 Å². The van der Waals surface area contributed by atoms with Crippen molar-refractivity contribution in [3.63, 3.8) is 0 Å². The first-order chi connectivity index (χ1) is 7.13. The molecule has 0 saturated heterocycles. The normalized spacial score (nSPS) is 10.5. The van der Waals surface area contributed by atoms with Crippen molar-refractivity contribution in [1.82, 2.24) is 4.98 Å². The lowest BCUT2D eigenvalue weighted by atomic mass is 10.1. The van der Waals surface area contributed by atoms with Gasteiger partial charge in [0, 0.05) is 16.6 Å². The summed E-state index contributed by atoms with van der Waals surface area (Å²) in [6.07, 6.45) is 0. The van der Waals surface area contributed by atoms with E-state index in [4.69, 9.17) is 5.73 Å². The molecule has 78 valence electrons. The van der Waals surface area contributed by atoms with Gasteiger partial charge in [-0.2, -0.15) is 0 Å². The fourth-order valence-electron chi connectivity index (χ4n) is 1.65. The Morgan fingerprint density at radius 1 is 1.47 bits per heavy atom. The van der Waals surface area contributed by atoms with Gasteiger partial charge in [-0.15, -0.1) is 0 Å². The van der Waals surface area contributed by atoms with Crippen LogP contribution in [0.2, 0.25) is 0 Å². The maximum absolute atomic E-state index is 11.4. The van der Waals surface area contributed by atoms with Crippen LogP contribution in [0.1, 0.15) is 16.1 Å². The SMILES string of the molecule is COC(=O)c1[nH]c2ccc(N)cc2c1C. The number of anilines is 1. The Bertz CT molecular complexity index is 529. The van der Waals surface area contributed by atoms with E-state index in [1.165, 1.54) is 7.11 Å². The van der Waals surface area contributed by atoms with Crippen LogP contribution in [0, 0.1) is 6.92 Å². The number of H-pyrrole nitrogens is 1. The quantitative estimate of drug-likeness (QED) is 0.550. The summed E-state index contributed by atoms with van der Waals surface area (Å²) in [5.41, 5.74) is 8.60. The largest absolute Gasteiger partial charge is 0.464 e. The van der Waals surface area contributed by atoms with Crippen LogP contribution in [0.5, 0.6) is 0 Å². The number of esters is 1. The van der Waals surface area contributed by atoms with Crippen LogP contribution in [-0.2, 0) is 4.74 Å². The number of carbonyl (C=O) groups excluding carboxylic acids is 1. The molecule has 4 nitrogen and oxygen atoms in total. The number of hydrogen-bond acceptors (Lipinski definition) is 3. The lowest BCUT2D eigenvalue weighted by Crippen LogP contribution is -2.02. The second-order valence-electron chi connectivity index (χ2n) is 3.42. The molecule has 0 radical (unpaired) electrons. The van der Waals surface area contributed by atoms with E-state index in [0.29, 0.717) is 11.4 Å². The van der Waals surface area contributed by atoms with E-state index in [1.807, 2.05) is 19.1 Å². The van der Waals surface area contributed by atoms with Crippen molar-refractivity contribution in [3.05, 3.63) is 29.5 Å². The first-order valence-electron chi connectivity index (χ1n) is 4.59. The summed E-state index contributed by atoms with van der Waals surface area (Å²) in [6.45, 7) is 1.87. The third kappa shape index (κ3) is 1.44. The number of aromatic amines is 1. The lowest BCUT2D eigenvalue weighted by molar-refractivity contribution is 0.0594. The van der Waals surface area contributed by atoms with Gasteiger partial charge < -0.3 is 15.5 Å². The highest BCUT2D eigenvalue weighted by atomic mass is 16.5. The number of nitrogen functional groups attached to an aromatic ring is 1. The number of nitrogens with one attached hydrogen (secondary N) is 1. The molecule has 0 fully saturated rings. The van der Waals surface area contributed by atoms with Crippen LogP contribution in [0.4, 0.5) is 5.69 Å². The molecule has 0 aliphatic heterocycles. The fraction of sp³-hybridized carbons (Fsp3) is 0.182. The van der Waals surface area contributed by atoms with E-state index in [0.717, 1.165) is 16.5 Å². The first-order valence-corrected chi connectivity index (χ1v) is 4.59. The fourth-order valence-corrected chi connectivity index (χ4v) is 1.65. The lowest BCUT2D eigenvalue weighted by Gasteiger charge is -1.96. The molecule has 4 heteroatoms. The van der Waals surface area contributed by atoms with E-state index >= 15 is 0 Å². The summed E-state index contributed by atoms with van der Waals surface area (Å²) < 4.78 is 4.68. The Kier molecular flexibility index (Phi) is 2.11. The van der Waals surface area contributed by atoms with E-state index in [2.05, 4.69) is 9.72 Å². The second kappa shape index (κ2) is 3.31. The summed E-state index contributed by atoms with van der Waals surface area (Å²) in [5, 5.41) is 0.954.